The van der Waals surface area contributed by atoms with Crippen molar-refractivity contribution in [3.63, 3.8) is 0 Å². The number of nitrogens with zero attached hydrogens (tertiary/aromatic N) is 1. The minimum atomic E-state index is -3.13. The first-order valence-corrected chi connectivity index (χ1v) is 11.9. The minimum Gasteiger partial charge on any atom is -0.322 e. The maximum Gasteiger partial charge on any atom is 0.255 e. The van der Waals surface area contributed by atoms with Crippen LogP contribution in [-0.4, -0.2) is 66.7 Å². The molecule has 4 aliphatic rings. The number of fused-ring (bicyclic) bond motifs is 1. The molecule has 1 aromatic rings. The lowest BCUT2D eigenvalue weighted by atomic mass is 9.94. The molecule has 0 aliphatic carbocycles. The number of carbonyl (C=O) groups is 3. The lowest BCUT2D eigenvalue weighted by Gasteiger charge is -2.37. The molecule has 3 amide bonds. The second-order valence-corrected chi connectivity index (χ2v) is 11.1. The third-order valence-corrected chi connectivity index (χ3v) is 9.43. The van der Waals surface area contributed by atoms with Gasteiger partial charge in [0.25, 0.3) is 5.91 Å². The van der Waals surface area contributed by atoms with Crippen molar-refractivity contribution >= 4 is 27.6 Å². The number of hydrogen-bond donors (Lipinski definition) is 3. The molecule has 0 radical (unpaired) electrons. The summed E-state index contributed by atoms with van der Waals surface area (Å²) >= 11 is 0. The van der Waals surface area contributed by atoms with Gasteiger partial charge >= 0.3 is 0 Å². The van der Waals surface area contributed by atoms with Crippen molar-refractivity contribution in [1.29, 1.82) is 0 Å². The van der Waals surface area contributed by atoms with Gasteiger partial charge in [0.15, 0.2) is 9.84 Å². The Bertz CT molecular complexity index is 1050. The average molecular weight is 433 g/mol. The van der Waals surface area contributed by atoms with Gasteiger partial charge in [-0.05, 0) is 24.0 Å². The molecule has 0 bridgehead atoms. The highest BCUT2D eigenvalue weighted by molar-refractivity contribution is 7.93. The maximum atomic E-state index is 13.1. The van der Waals surface area contributed by atoms with Gasteiger partial charge in [0.05, 0.1) is 10.5 Å². The Hall–Kier alpha value is -2.30. The summed E-state index contributed by atoms with van der Waals surface area (Å²) in [6.45, 7) is 1.74. The van der Waals surface area contributed by atoms with E-state index in [4.69, 9.17) is 0 Å². The predicted molar refractivity (Wildman–Crippen MR) is 107 cm³/mol. The smallest absolute Gasteiger partial charge is 0.255 e. The van der Waals surface area contributed by atoms with Crippen molar-refractivity contribution in [2.75, 3.05) is 18.8 Å². The van der Waals surface area contributed by atoms with Gasteiger partial charge in [0.2, 0.25) is 11.8 Å². The Labute approximate surface area is 174 Å². The first kappa shape index (κ1) is 19.7. The van der Waals surface area contributed by atoms with Crippen LogP contribution in [0, 0.1) is 0 Å². The summed E-state index contributed by atoms with van der Waals surface area (Å²) in [5.41, 5.74) is 2.23. The molecule has 9 nitrogen and oxygen atoms in total. The minimum absolute atomic E-state index is 0.111. The highest BCUT2D eigenvalue weighted by Gasteiger charge is 2.55. The molecule has 160 valence electrons. The number of benzene rings is 1. The monoisotopic (exact) mass is 432 g/mol. The summed E-state index contributed by atoms with van der Waals surface area (Å²) < 4.78 is 24.4. The van der Waals surface area contributed by atoms with Gasteiger partial charge in [-0.15, -0.1) is 0 Å². The molecule has 0 saturated carbocycles. The van der Waals surface area contributed by atoms with E-state index in [1.54, 1.807) is 0 Å². The van der Waals surface area contributed by atoms with Crippen molar-refractivity contribution in [3.8, 4) is 0 Å². The van der Waals surface area contributed by atoms with E-state index in [1.165, 1.54) is 4.90 Å². The van der Waals surface area contributed by atoms with E-state index < -0.39 is 26.5 Å². The fourth-order valence-corrected chi connectivity index (χ4v) is 7.29. The zero-order valence-electron chi connectivity index (χ0n) is 16.4. The zero-order valence-corrected chi connectivity index (χ0v) is 17.3. The van der Waals surface area contributed by atoms with Crippen LogP contribution in [0.2, 0.25) is 0 Å². The van der Waals surface area contributed by atoms with Gasteiger partial charge in [-0.25, -0.2) is 8.42 Å². The molecule has 10 heteroatoms. The Balaban J connectivity index is 1.31. The Morgan fingerprint density at radius 2 is 2.00 bits per heavy atom. The van der Waals surface area contributed by atoms with E-state index in [-0.39, 0.29) is 30.0 Å². The quantitative estimate of drug-likeness (QED) is 0.525. The summed E-state index contributed by atoms with van der Waals surface area (Å²) in [6.07, 6.45) is 1.12. The van der Waals surface area contributed by atoms with E-state index in [0.29, 0.717) is 44.6 Å². The molecule has 3 N–H and O–H groups in total. The van der Waals surface area contributed by atoms with Gasteiger partial charge in [-0.3, -0.25) is 19.7 Å². The normalized spacial score (nSPS) is 29.1. The van der Waals surface area contributed by atoms with E-state index in [0.717, 1.165) is 11.1 Å². The van der Waals surface area contributed by atoms with E-state index in [2.05, 4.69) is 16.0 Å². The van der Waals surface area contributed by atoms with Crippen molar-refractivity contribution in [2.24, 2.45) is 0 Å². The highest BCUT2D eigenvalue weighted by Crippen LogP contribution is 2.36. The second kappa shape index (κ2) is 6.86. The van der Waals surface area contributed by atoms with Crippen LogP contribution >= 0.6 is 0 Å². The van der Waals surface area contributed by atoms with Crippen LogP contribution in [0.25, 0.3) is 0 Å². The first-order chi connectivity index (χ1) is 14.3. The molecule has 0 aromatic heterocycles. The van der Waals surface area contributed by atoms with Gasteiger partial charge in [-0.1, -0.05) is 18.2 Å². The molecule has 30 heavy (non-hydrogen) atoms. The number of imide groups is 1. The van der Waals surface area contributed by atoms with Crippen molar-refractivity contribution in [1.82, 2.24) is 20.9 Å². The van der Waals surface area contributed by atoms with Crippen LogP contribution in [0.1, 0.15) is 40.7 Å². The Kier molecular flexibility index (Phi) is 4.49. The molecular weight excluding hydrogens is 408 g/mol. The molecule has 2 atom stereocenters. The highest BCUT2D eigenvalue weighted by atomic mass is 32.2. The summed E-state index contributed by atoms with van der Waals surface area (Å²) in [4.78, 5) is 38.3. The zero-order chi connectivity index (χ0) is 21.1. The van der Waals surface area contributed by atoms with Gasteiger partial charge in [0, 0.05) is 44.2 Å². The summed E-state index contributed by atoms with van der Waals surface area (Å²) in [6, 6.07) is 4.82. The number of nitrogens with one attached hydrogen (secondary N) is 3. The van der Waals surface area contributed by atoms with Crippen LogP contribution in [0.3, 0.4) is 0 Å². The molecule has 3 fully saturated rings. The van der Waals surface area contributed by atoms with Crippen molar-refractivity contribution in [2.45, 2.75) is 49.2 Å². The number of amides is 3. The summed E-state index contributed by atoms with van der Waals surface area (Å²) in [5, 5.41) is 8.71. The van der Waals surface area contributed by atoms with Gasteiger partial charge < -0.3 is 15.5 Å². The lowest BCUT2D eigenvalue weighted by molar-refractivity contribution is -0.136. The predicted octanol–water partition coefficient (Wildman–Crippen LogP) is -0.934. The van der Waals surface area contributed by atoms with Crippen LogP contribution < -0.4 is 16.0 Å². The lowest BCUT2D eigenvalue weighted by Crippen LogP contribution is -2.62. The van der Waals surface area contributed by atoms with E-state index in [9.17, 15) is 22.8 Å². The Morgan fingerprint density at radius 3 is 2.67 bits per heavy atom. The van der Waals surface area contributed by atoms with Gasteiger partial charge in [-0.2, -0.15) is 0 Å². The molecule has 4 heterocycles. The molecule has 1 aromatic carbocycles. The van der Waals surface area contributed by atoms with Crippen LogP contribution in [0.5, 0.6) is 0 Å². The number of sulfone groups is 1. The van der Waals surface area contributed by atoms with Crippen LogP contribution in [0.15, 0.2) is 18.2 Å². The number of hydrogen-bond acceptors (Lipinski definition) is 7. The third-order valence-electron chi connectivity index (χ3n) is 6.81. The third kappa shape index (κ3) is 2.97. The van der Waals surface area contributed by atoms with Crippen LogP contribution in [-0.2, 0) is 32.5 Å². The second-order valence-electron chi connectivity index (χ2n) is 8.70. The van der Waals surface area contributed by atoms with Crippen molar-refractivity contribution in [3.05, 3.63) is 34.9 Å². The van der Waals surface area contributed by atoms with Crippen molar-refractivity contribution < 1.29 is 22.8 Å². The van der Waals surface area contributed by atoms with Crippen LogP contribution in [0.4, 0.5) is 0 Å². The van der Waals surface area contributed by atoms with E-state index >= 15 is 0 Å². The topological polar surface area (TPSA) is 125 Å². The largest absolute Gasteiger partial charge is 0.322 e. The SMILES string of the molecule is O=C1CCC(N2Cc3cccc(CNC4CC5(CNC5)S(=O)(=O)C4)c3C2=O)C(=O)N1. The molecule has 4 aliphatic heterocycles. The number of rotatable bonds is 4. The maximum absolute atomic E-state index is 13.1. The van der Waals surface area contributed by atoms with Gasteiger partial charge in [0.1, 0.15) is 6.04 Å². The standard InChI is InChI=1S/C20H24N4O5S/c25-16-5-4-15(18(26)23-16)24-8-13-3-1-2-12(17(13)19(24)27)7-22-14-6-20(10-21-11-20)30(28,29)9-14/h1-3,14-15,21-22H,4-11H2,(H,23,25,26). The Morgan fingerprint density at radius 1 is 1.20 bits per heavy atom. The first-order valence-electron chi connectivity index (χ1n) is 10.2. The molecule has 1 spiro atoms. The molecule has 3 saturated heterocycles. The fraction of sp³-hybridized carbons (Fsp3) is 0.550. The van der Waals surface area contributed by atoms with E-state index in [1.807, 2.05) is 18.2 Å². The molecule has 2 unspecified atom stereocenters. The molecular formula is C20H24N4O5S. The summed E-state index contributed by atoms with van der Waals surface area (Å²) in [5.74, 6) is -0.838. The summed E-state index contributed by atoms with van der Waals surface area (Å²) in [7, 11) is -3.13. The number of carbonyl (C=O) groups excluding carboxylic acids is 3. The number of piperidine rings is 1. The molecule has 5 rings (SSSR count). The average Bonchev–Trinajstić information content (AvgIpc) is 3.14. The fourth-order valence-electron chi connectivity index (χ4n) is 5.07.